The van der Waals surface area contributed by atoms with Crippen molar-refractivity contribution < 1.29 is 9.53 Å². The summed E-state index contributed by atoms with van der Waals surface area (Å²) in [4.78, 5) is 10.9. The minimum absolute atomic E-state index is 0.377. The number of aromatic nitrogens is 2. The molecule has 0 amide bonds. The molecule has 0 unspecified atom stereocenters. The van der Waals surface area contributed by atoms with Gasteiger partial charge in [0.1, 0.15) is 0 Å². The van der Waals surface area contributed by atoms with Gasteiger partial charge in [0.2, 0.25) is 0 Å². The zero-order valence-corrected chi connectivity index (χ0v) is 9.41. The zero-order chi connectivity index (χ0) is 12.1. The summed E-state index contributed by atoms with van der Waals surface area (Å²) in [5, 5.41) is 4.20. The van der Waals surface area contributed by atoms with Crippen LogP contribution in [0.25, 0.3) is 11.8 Å². The van der Waals surface area contributed by atoms with Crippen LogP contribution in [0, 0.1) is 0 Å². The van der Waals surface area contributed by atoms with Crippen LogP contribution in [0.5, 0.6) is 0 Å². The number of carbonyl (C=O) groups is 1. The molecule has 0 aliphatic carbocycles. The van der Waals surface area contributed by atoms with Crippen molar-refractivity contribution in [3.8, 4) is 5.69 Å². The Balaban J connectivity index is 2.17. The molecule has 1 aromatic carbocycles. The molecule has 2 aromatic rings. The Labute approximate surface area is 99.1 Å². The summed E-state index contributed by atoms with van der Waals surface area (Å²) in [6, 6.07) is 9.76. The van der Waals surface area contributed by atoms with E-state index in [-0.39, 0.29) is 5.97 Å². The monoisotopic (exact) mass is 228 g/mol. The second-order valence-electron chi connectivity index (χ2n) is 3.41. The van der Waals surface area contributed by atoms with Crippen LogP contribution in [0.1, 0.15) is 5.56 Å². The highest BCUT2D eigenvalue weighted by atomic mass is 16.5. The number of hydrogen-bond acceptors (Lipinski definition) is 3. The molecule has 0 saturated heterocycles. The highest BCUT2D eigenvalue weighted by Gasteiger charge is 1.98. The van der Waals surface area contributed by atoms with Crippen molar-refractivity contribution in [2.45, 2.75) is 0 Å². The van der Waals surface area contributed by atoms with Gasteiger partial charge in [0.25, 0.3) is 0 Å². The van der Waals surface area contributed by atoms with Crippen molar-refractivity contribution in [3.63, 3.8) is 0 Å². The van der Waals surface area contributed by atoms with E-state index >= 15 is 0 Å². The Hall–Kier alpha value is -2.36. The first-order chi connectivity index (χ1) is 8.29. The number of rotatable bonds is 3. The van der Waals surface area contributed by atoms with Crippen LogP contribution < -0.4 is 0 Å². The third-order valence-corrected chi connectivity index (χ3v) is 2.24. The van der Waals surface area contributed by atoms with Crippen LogP contribution in [-0.4, -0.2) is 22.9 Å². The Morgan fingerprint density at radius 3 is 2.82 bits per heavy atom. The highest BCUT2D eigenvalue weighted by molar-refractivity contribution is 5.86. The van der Waals surface area contributed by atoms with E-state index in [0.717, 1.165) is 11.3 Å². The average Bonchev–Trinajstić information content (AvgIpc) is 2.86. The number of esters is 1. The molecule has 0 bridgehead atoms. The maximum absolute atomic E-state index is 10.9. The number of hydrogen-bond donors (Lipinski definition) is 0. The lowest BCUT2D eigenvalue weighted by atomic mass is 10.3. The maximum Gasteiger partial charge on any atom is 0.330 e. The standard InChI is InChI=1S/C13H12N2O2/c1-17-13(16)8-7-11-9-14-15(10-11)12-5-3-2-4-6-12/h2-10H,1H3. The van der Waals surface area contributed by atoms with Crippen LogP contribution in [-0.2, 0) is 9.53 Å². The highest BCUT2D eigenvalue weighted by Crippen LogP contribution is 2.08. The maximum atomic E-state index is 10.9. The van der Waals surface area contributed by atoms with E-state index in [4.69, 9.17) is 0 Å². The molecule has 0 atom stereocenters. The molecular weight excluding hydrogens is 216 g/mol. The average molecular weight is 228 g/mol. The van der Waals surface area contributed by atoms with E-state index in [1.54, 1.807) is 17.0 Å². The SMILES string of the molecule is COC(=O)C=Cc1cnn(-c2ccccc2)c1. The first-order valence-electron chi connectivity index (χ1n) is 5.16. The molecule has 0 spiro atoms. The van der Waals surface area contributed by atoms with Crippen molar-refractivity contribution in [2.24, 2.45) is 0 Å². The first kappa shape index (κ1) is 11.1. The van der Waals surface area contributed by atoms with Gasteiger partial charge in [-0.25, -0.2) is 9.48 Å². The molecule has 4 heteroatoms. The Bertz CT molecular complexity index is 529. The summed E-state index contributed by atoms with van der Waals surface area (Å²) in [5.41, 5.74) is 1.82. The van der Waals surface area contributed by atoms with Crippen LogP contribution in [0.15, 0.2) is 48.8 Å². The summed E-state index contributed by atoms with van der Waals surface area (Å²) in [6.45, 7) is 0. The predicted octanol–water partition coefficient (Wildman–Crippen LogP) is 2.06. The summed E-state index contributed by atoms with van der Waals surface area (Å²) < 4.78 is 6.26. The second kappa shape index (κ2) is 5.12. The topological polar surface area (TPSA) is 44.1 Å². The van der Waals surface area contributed by atoms with E-state index in [1.165, 1.54) is 13.2 Å². The van der Waals surface area contributed by atoms with Gasteiger partial charge in [0.15, 0.2) is 0 Å². The van der Waals surface area contributed by atoms with Gasteiger partial charge in [0, 0.05) is 17.8 Å². The lowest BCUT2D eigenvalue weighted by Gasteiger charge is -1.98. The van der Waals surface area contributed by atoms with E-state index in [1.807, 2.05) is 36.5 Å². The van der Waals surface area contributed by atoms with Gasteiger partial charge >= 0.3 is 5.97 Å². The Morgan fingerprint density at radius 2 is 2.12 bits per heavy atom. The van der Waals surface area contributed by atoms with Crippen LogP contribution in [0.2, 0.25) is 0 Å². The molecular formula is C13H12N2O2. The summed E-state index contributed by atoms with van der Waals surface area (Å²) in [7, 11) is 1.35. The number of ether oxygens (including phenoxy) is 1. The predicted molar refractivity (Wildman–Crippen MR) is 64.6 cm³/mol. The van der Waals surface area contributed by atoms with Crippen LogP contribution >= 0.6 is 0 Å². The van der Waals surface area contributed by atoms with Crippen LogP contribution in [0.3, 0.4) is 0 Å². The largest absolute Gasteiger partial charge is 0.466 e. The molecule has 0 aliphatic heterocycles. The minimum Gasteiger partial charge on any atom is -0.466 e. The van der Waals surface area contributed by atoms with Gasteiger partial charge in [-0.05, 0) is 18.2 Å². The summed E-state index contributed by atoms with van der Waals surface area (Å²) >= 11 is 0. The number of benzene rings is 1. The van der Waals surface area contributed by atoms with Gasteiger partial charge in [-0.2, -0.15) is 5.10 Å². The molecule has 86 valence electrons. The molecule has 0 radical (unpaired) electrons. The molecule has 0 saturated carbocycles. The first-order valence-corrected chi connectivity index (χ1v) is 5.16. The molecule has 4 nitrogen and oxygen atoms in total. The van der Waals surface area contributed by atoms with Gasteiger partial charge in [-0.1, -0.05) is 18.2 Å². The number of methoxy groups -OCH3 is 1. The minimum atomic E-state index is -0.377. The van der Waals surface area contributed by atoms with Crippen molar-refractivity contribution in [2.75, 3.05) is 7.11 Å². The third-order valence-electron chi connectivity index (χ3n) is 2.24. The normalized spacial score (nSPS) is 10.6. The van der Waals surface area contributed by atoms with Crippen LogP contribution in [0.4, 0.5) is 0 Å². The Morgan fingerprint density at radius 1 is 1.35 bits per heavy atom. The third kappa shape index (κ3) is 2.81. The van der Waals surface area contributed by atoms with Crippen molar-refractivity contribution in [3.05, 3.63) is 54.4 Å². The van der Waals surface area contributed by atoms with Gasteiger partial charge in [0.05, 0.1) is 19.0 Å². The lowest BCUT2D eigenvalue weighted by molar-refractivity contribution is -0.134. The Kier molecular flexibility index (Phi) is 3.35. The van der Waals surface area contributed by atoms with E-state index in [2.05, 4.69) is 9.84 Å². The molecule has 1 heterocycles. The van der Waals surface area contributed by atoms with E-state index in [0.29, 0.717) is 0 Å². The molecule has 0 N–H and O–H groups in total. The number of para-hydroxylation sites is 1. The number of nitrogens with zero attached hydrogens (tertiary/aromatic N) is 2. The molecule has 0 aliphatic rings. The zero-order valence-electron chi connectivity index (χ0n) is 9.41. The smallest absolute Gasteiger partial charge is 0.330 e. The molecule has 1 aromatic heterocycles. The molecule has 0 fully saturated rings. The van der Waals surface area contributed by atoms with E-state index in [9.17, 15) is 4.79 Å². The second-order valence-corrected chi connectivity index (χ2v) is 3.41. The van der Waals surface area contributed by atoms with Crippen molar-refractivity contribution in [1.82, 2.24) is 9.78 Å². The molecule has 17 heavy (non-hydrogen) atoms. The summed E-state index contributed by atoms with van der Waals surface area (Å²) in [5.74, 6) is -0.377. The molecule has 2 rings (SSSR count). The lowest BCUT2D eigenvalue weighted by Crippen LogP contribution is -1.93. The fourth-order valence-corrected chi connectivity index (χ4v) is 1.38. The van der Waals surface area contributed by atoms with Gasteiger partial charge in [-0.15, -0.1) is 0 Å². The summed E-state index contributed by atoms with van der Waals surface area (Å²) in [6.07, 6.45) is 6.56. The fraction of sp³-hybridized carbons (Fsp3) is 0.0769. The van der Waals surface area contributed by atoms with Gasteiger partial charge in [-0.3, -0.25) is 0 Å². The van der Waals surface area contributed by atoms with Gasteiger partial charge < -0.3 is 4.74 Å². The van der Waals surface area contributed by atoms with Crippen molar-refractivity contribution in [1.29, 1.82) is 0 Å². The quantitative estimate of drug-likeness (QED) is 0.596. The fourth-order valence-electron chi connectivity index (χ4n) is 1.38. The van der Waals surface area contributed by atoms with E-state index < -0.39 is 0 Å². The number of carbonyl (C=O) groups excluding carboxylic acids is 1. The van der Waals surface area contributed by atoms with Crippen molar-refractivity contribution >= 4 is 12.0 Å².